The van der Waals surface area contributed by atoms with Gasteiger partial charge in [-0.05, 0) is 50.1 Å². The van der Waals surface area contributed by atoms with Crippen LogP contribution in [0.5, 0.6) is 5.75 Å². The van der Waals surface area contributed by atoms with Crippen LogP contribution in [0.1, 0.15) is 41.3 Å². The molecule has 2 aliphatic rings. The number of aromatic hydroxyl groups is 1. The molecule has 33 heavy (non-hydrogen) atoms. The molecule has 3 unspecified atom stereocenters. The summed E-state index contributed by atoms with van der Waals surface area (Å²) < 4.78 is 34.4. The maximum Gasteiger partial charge on any atom is 0.268 e. The smallest absolute Gasteiger partial charge is 0.268 e. The van der Waals surface area contributed by atoms with Crippen LogP contribution in [0.2, 0.25) is 5.02 Å². The normalized spacial score (nSPS) is 21.6. The third kappa shape index (κ3) is 3.32. The molecule has 0 bridgehead atoms. The Bertz CT molecular complexity index is 1670. The molecule has 0 saturated carbocycles. The number of phenolic OH excluding ortho intramolecular Hbond substituents is 1. The van der Waals surface area contributed by atoms with Crippen LogP contribution in [0, 0.1) is 16.4 Å². The van der Waals surface area contributed by atoms with Gasteiger partial charge in [-0.1, -0.05) is 74.0 Å². The average Bonchev–Trinajstić information content (AvgIpc) is 2.74. The summed E-state index contributed by atoms with van der Waals surface area (Å²) in [4.78, 5) is 14.1. The Balaban J connectivity index is 1.93. The van der Waals surface area contributed by atoms with Crippen LogP contribution in [-0.2, 0) is 10.1 Å². The molecule has 0 aromatic heterocycles. The molecular formula is C26H21ClO5S. The number of halogens is 1. The van der Waals surface area contributed by atoms with Crippen LogP contribution in [0.15, 0.2) is 54.6 Å². The zero-order valence-corrected chi connectivity index (χ0v) is 19.5. The summed E-state index contributed by atoms with van der Waals surface area (Å²) in [7, 11) is -4.34. The molecule has 5 rings (SSSR count). The Labute approximate surface area is 195 Å². The predicted molar refractivity (Wildman–Crippen MR) is 127 cm³/mol. The van der Waals surface area contributed by atoms with Crippen molar-refractivity contribution < 1.29 is 22.9 Å². The van der Waals surface area contributed by atoms with E-state index < -0.39 is 27.2 Å². The van der Waals surface area contributed by atoms with E-state index in [2.05, 4.69) is 0 Å². The molecule has 0 heterocycles. The van der Waals surface area contributed by atoms with E-state index in [1.165, 1.54) is 6.07 Å². The molecule has 3 aromatic carbocycles. The fourth-order valence-electron chi connectivity index (χ4n) is 5.40. The topological polar surface area (TPSA) is 91.7 Å². The lowest BCUT2D eigenvalue weighted by Crippen LogP contribution is -2.40. The molecule has 5 nitrogen and oxygen atoms in total. The molecule has 0 radical (unpaired) electrons. The zero-order chi connectivity index (χ0) is 23.7. The quantitative estimate of drug-likeness (QED) is 0.547. The first-order valence-electron chi connectivity index (χ1n) is 10.6. The molecule has 168 valence electrons. The third-order valence-electron chi connectivity index (χ3n) is 6.71. The van der Waals surface area contributed by atoms with Crippen molar-refractivity contribution in [3.05, 3.63) is 97.2 Å². The van der Waals surface area contributed by atoms with Gasteiger partial charge in [-0.2, -0.15) is 8.42 Å². The van der Waals surface area contributed by atoms with Crippen molar-refractivity contribution >= 4 is 39.2 Å². The maximum atomic E-state index is 14.1. The molecule has 7 heteroatoms. The zero-order valence-electron chi connectivity index (χ0n) is 17.9. The predicted octanol–water partition coefficient (Wildman–Crippen LogP) is 3.52. The number of hydrogen-bond acceptors (Lipinski definition) is 4. The Kier molecular flexibility index (Phi) is 5.01. The molecule has 0 spiro atoms. The van der Waals surface area contributed by atoms with Crippen molar-refractivity contribution in [3.63, 3.8) is 0 Å². The molecule has 0 amide bonds. The van der Waals surface area contributed by atoms with Gasteiger partial charge in [0.1, 0.15) is 5.75 Å². The highest BCUT2D eigenvalue weighted by Crippen LogP contribution is 2.36. The number of carbonyl (C=O) groups excluding carboxylic acids is 1. The van der Waals surface area contributed by atoms with Gasteiger partial charge in [0.2, 0.25) is 0 Å². The van der Waals surface area contributed by atoms with Gasteiger partial charge in [0.25, 0.3) is 10.1 Å². The second-order valence-electron chi connectivity index (χ2n) is 8.70. The molecule has 0 saturated heterocycles. The minimum absolute atomic E-state index is 0.0801. The van der Waals surface area contributed by atoms with Gasteiger partial charge in [0, 0.05) is 17.1 Å². The number of fused-ring (bicyclic) bond motifs is 4. The largest absolute Gasteiger partial charge is 0.506 e. The van der Waals surface area contributed by atoms with Crippen LogP contribution in [0.4, 0.5) is 0 Å². The molecule has 2 N–H and O–H groups in total. The highest BCUT2D eigenvalue weighted by atomic mass is 35.5. The lowest BCUT2D eigenvalue weighted by molar-refractivity contribution is 0.105. The summed E-state index contributed by atoms with van der Waals surface area (Å²) in [5, 5.41) is 12.1. The van der Waals surface area contributed by atoms with Crippen LogP contribution in [-0.4, -0.2) is 29.1 Å². The van der Waals surface area contributed by atoms with Crippen LogP contribution in [0.3, 0.4) is 0 Å². The molecule has 0 aliphatic heterocycles. The Hall–Kier alpha value is -2.93. The maximum absolute atomic E-state index is 14.1. The minimum atomic E-state index is -4.34. The van der Waals surface area contributed by atoms with E-state index >= 15 is 0 Å². The summed E-state index contributed by atoms with van der Waals surface area (Å²) in [6, 6.07) is 16.0. The van der Waals surface area contributed by atoms with Crippen molar-refractivity contribution in [2.24, 2.45) is 5.92 Å². The third-order valence-corrected chi connectivity index (χ3v) is 8.54. The van der Waals surface area contributed by atoms with Gasteiger partial charge in [0.05, 0.1) is 10.3 Å². The van der Waals surface area contributed by atoms with Crippen molar-refractivity contribution in [2.45, 2.75) is 25.0 Å². The standard InChI is InChI=1S/C26H21ClO5S/c1-13-11-15-7-9-19-17-5-3-4-6-18(17)23(16-8-10-21(28)20(27)12-16)25(29)24(19)22(15)14(2)26(13)33(30,31)32/h3-14,26,28H,1-2H3,(H,30,31,32). The van der Waals surface area contributed by atoms with Crippen LogP contribution >= 0.6 is 11.6 Å². The fraction of sp³-hybridized carbons (Fsp3) is 0.192. The first-order valence-corrected chi connectivity index (χ1v) is 12.5. The number of Topliss-reactive ketones (excluding diaryl/α,β-unsaturated/α-hetero) is 1. The van der Waals surface area contributed by atoms with E-state index in [1.807, 2.05) is 36.4 Å². The summed E-state index contributed by atoms with van der Waals surface area (Å²) in [5.74, 6) is -1.33. The number of phenols is 1. The SMILES string of the molecule is CC1C=c2ccc3c(c2C(C)C1S(=O)(=O)O)C(=O)C(c1ccc(O)c(Cl)c1)=c1ccccc1=3. The number of carbonyl (C=O) groups is 1. The van der Waals surface area contributed by atoms with Gasteiger partial charge in [0.15, 0.2) is 5.78 Å². The van der Waals surface area contributed by atoms with Gasteiger partial charge in [-0.15, -0.1) is 0 Å². The Morgan fingerprint density at radius 1 is 0.939 bits per heavy atom. The highest BCUT2D eigenvalue weighted by Gasteiger charge is 2.40. The molecule has 0 fully saturated rings. The first kappa shape index (κ1) is 21.9. The van der Waals surface area contributed by atoms with Crippen LogP contribution < -0.4 is 10.4 Å². The molecule has 3 atom stereocenters. The van der Waals surface area contributed by atoms with E-state index in [1.54, 1.807) is 32.1 Å². The van der Waals surface area contributed by atoms with Crippen molar-refractivity contribution in [3.8, 4) is 5.75 Å². The van der Waals surface area contributed by atoms with Crippen LogP contribution in [0.25, 0.3) is 11.6 Å². The van der Waals surface area contributed by atoms with E-state index in [-0.39, 0.29) is 16.6 Å². The van der Waals surface area contributed by atoms with Crippen molar-refractivity contribution in [1.82, 2.24) is 0 Å². The number of ketones is 1. The van der Waals surface area contributed by atoms with Gasteiger partial charge in [-0.25, -0.2) is 0 Å². The van der Waals surface area contributed by atoms with Gasteiger partial charge >= 0.3 is 0 Å². The summed E-state index contributed by atoms with van der Waals surface area (Å²) >= 11 is 6.16. The Morgan fingerprint density at radius 2 is 1.64 bits per heavy atom. The second kappa shape index (κ2) is 7.55. The monoisotopic (exact) mass is 480 g/mol. The second-order valence-corrected chi connectivity index (χ2v) is 10.7. The summed E-state index contributed by atoms with van der Waals surface area (Å²) in [5.41, 5.74) is 2.05. The lowest BCUT2D eigenvalue weighted by atomic mass is 9.77. The highest BCUT2D eigenvalue weighted by molar-refractivity contribution is 7.86. The fourth-order valence-corrected chi connectivity index (χ4v) is 6.85. The van der Waals surface area contributed by atoms with Gasteiger partial charge < -0.3 is 5.11 Å². The Morgan fingerprint density at radius 3 is 2.30 bits per heavy atom. The van der Waals surface area contributed by atoms with Crippen molar-refractivity contribution in [1.29, 1.82) is 0 Å². The van der Waals surface area contributed by atoms with E-state index in [9.17, 15) is 22.9 Å². The average molecular weight is 481 g/mol. The molecular weight excluding hydrogens is 460 g/mol. The molecule has 3 aromatic rings. The van der Waals surface area contributed by atoms with E-state index in [0.29, 0.717) is 22.3 Å². The van der Waals surface area contributed by atoms with E-state index in [0.717, 1.165) is 20.9 Å². The number of benzene rings is 3. The first-order chi connectivity index (χ1) is 15.6. The minimum Gasteiger partial charge on any atom is -0.506 e. The summed E-state index contributed by atoms with van der Waals surface area (Å²) in [6.45, 7) is 3.50. The lowest BCUT2D eigenvalue weighted by Gasteiger charge is -2.32. The van der Waals surface area contributed by atoms with E-state index in [4.69, 9.17) is 11.6 Å². The van der Waals surface area contributed by atoms with Gasteiger partial charge in [-0.3, -0.25) is 9.35 Å². The number of hydrogen-bond donors (Lipinski definition) is 2. The van der Waals surface area contributed by atoms with Crippen molar-refractivity contribution in [2.75, 3.05) is 0 Å². The summed E-state index contributed by atoms with van der Waals surface area (Å²) in [6.07, 6.45) is 1.80. The number of rotatable bonds is 2. The molecule has 2 aliphatic carbocycles.